The molecule has 2 rings (SSSR count). The van der Waals surface area contributed by atoms with E-state index >= 15 is 0 Å². The summed E-state index contributed by atoms with van der Waals surface area (Å²) in [6, 6.07) is 4.97. The average molecular weight is 293 g/mol. The SMILES string of the molecule is CCc1nn(-c2ccc(Cl)cc2C(N)=O)c(CC)c1N. The Bertz CT molecular complexity index is 663. The number of halogens is 1. The van der Waals surface area contributed by atoms with Crippen LogP contribution in [0, 0.1) is 0 Å². The van der Waals surface area contributed by atoms with Crippen LogP contribution in [0.5, 0.6) is 0 Å². The molecule has 0 saturated carbocycles. The quantitative estimate of drug-likeness (QED) is 0.906. The van der Waals surface area contributed by atoms with Crippen LogP contribution < -0.4 is 11.5 Å². The summed E-state index contributed by atoms with van der Waals surface area (Å²) in [7, 11) is 0. The largest absolute Gasteiger partial charge is 0.396 e. The van der Waals surface area contributed by atoms with Gasteiger partial charge in [0, 0.05) is 5.02 Å². The molecule has 106 valence electrons. The molecular weight excluding hydrogens is 276 g/mol. The van der Waals surface area contributed by atoms with Crippen LogP contribution in [0.1, 0.15) is 35.6 Å². The smallest absolute Gasteiger partial charge is 0.250 e. The predicted octanol–water partition coefficient (Wildman–Crippen LogP) is 2.33. The molecule has 0 aliphatic heterocycles. The highest BCUT2D eigenvalue weighted by molar-refractivity contribution is 6.31. The monoisotopic (exact) mass is 292 g/mol. The number of carbonyl (C=O) groups is 1. The van der Waals surface area contributed by atoms with E-state index in [1.807, 2.05) is 13.8 Å². The van der Waals surface area contributed by atoms with Gasteiger partial charge in [0.2, 0.25) is 0 Å². The van der Waals surface area contributed by atoms with Crippen LogP contribution in [-0.2, 0) is 12.8 Å². The van der Waals surface area contributed by atoms with Crippen molar-refractivity contribution >= 4 is 23.2 Å². The number of aromatic nitrogens is 2. The second-order valence-corrected chi connectivity index (χ2v) is 4.89. The highest BCUT2D eigenvalue weighted by Crippen LogP contribution is 2.25. The zero-order chi connectivity index (χ0) is 14.9. The number of benzene rings is 1. The summed E-state index contributed by atoms with van der Waals surface area (Å²) in [6.07, 6.45) is 1.44. The summed E-state index contributed by atoms with van der Waals surface area (Å²) in [5.41, 5.74) is 14.8. The van der Waals surface area contributed by atoms with Crippen LogP contribution in [0.25, 0.3) is 5.69 Å². The molecular formula is C14H17ClN4O. The molecule has 0 radical (unpaired) electrons. The Kier molecular flexibility index (Phi) is 3.99. The molecule has 0 saturated heterocycles. The summed E-state index contributed by atoms with van der Waals surface area (Å²) < 4.78 is 1.69. The fraction of sp³-hybridized carbons (Fsp3) is 0.286. The van der Waals surface area contributed by atoms with Gasteiger partial charge >= 0.3 is 0 Å². The van der Waals surface area contributed by atoms with Crippen molar-refractivity contribution in [3.05, 3.63) is 40.2 Å². The van der Waals surface area contributed by atoms with Crippen LogP contribution >= 0.6 is 11.6 Å². The van der Waals surface area contributed by atoms with E-state index in [-0.39, 0.29) is 0 Å². The first-order valence-electron chi connectivity index (χ1n) is 6.45. The van der Waals surface area contributed by atoms with Gasteiger partial charge in [0.1, 0.15) is 0 Å². The van der Waals surface area contributed by atoms with Crippen LogP contribution in [0.15, 0.2) is 18.2 Å². The molecule has 1 heterocycles. The summed E-state index contributed by atoms with van der Waals surface area (Å²) >= 11 is 5.92. The van der Waals surface area contributed by atoms with E-state index < -0.39 is 5.91 Å². The Morgan fingerprint density at radius 2 is 2.05 bits per heavy atom. The molecule has 1 aromatic carbocycles. The third kappa shape index (κ3) is 2.36. The van der Waals surface area contributed by atoms with Gasteiger partial charge in [-0.05, 0) is 31.0 Å². The van der Waals surface area contributed by atoms with Crippen molar-refractivity contribution < 1.29 is 4.79 Å². The predicted molar refractivity (Wildman–Crippen MR) is 80.3 cm³/mol. The minimum atomic E-state index is -0.545. The highest BCUT2D eigenvalue weighted by Gasteiger charge is 2.18. The Balaban J connectivity index is 2.71. The van der Waals surface area contributed by atoms with E-state index in [2.05, 4.69) is 5.10 Å². The van der Waals surface area contributed by atoms with E-state index in [9.17, 15) is 4.79 Å². The average Bonchev–Trinajstić information content (AvgIpc) is 2.74. The molecule has 0 bridgehead atoms. The van der Waals surface area contributed by atoms with Gasteiger partial charge in [-0.25, -0.2) is 4.68 Å². The molecule has 0 fully saturated rings. The Morgan fingerprint density at radius 1 is 1.35 bits per heavy atom. The molecule has 4 N–H and O–H groups in total. The Morgan fingerprint density at radius 3 is 2.60 bits per heavy atom. The second kappa shape index (κ2) is 5.54. The van der Waals surface area contributed by atoms with Gasteiger partial charge in [-0.1, -0.05) is 25.4 Å². The molecule has 20 heavy (non-hydrogen) atoms. The summed E-state index contributed by atoms with van der Waals surface area (Å²) in [4.78, 5) is 11.6. The molecule has 0 aliphatic rings. The lowest BCUT2D eigenvalue weighted by Gasteiger charge is -2.10. The number of carbonyl (C=O) groups excluding carboxylic acids is 1. The Hall–Kier alpha value is -2.01. The molecule has 0 atom stereocenters. The number of hydrogen-bond donors (Lipinski definition) is 2. The van der Waals surface area contributed by atoms with Gasteiger partial charge in [-0.3, -0.25) is 4.79 Å². The fourth-order valence-corrected chi connectivity index (χ4v) is 2.38. The number of rotatable bonds is 4. The number of nitrogen functional groups attached to an aromatic ring is 1. The fourth-order valence-electron chi connectivity index (χ4n) is 2.21. The third-order valence-electron chi connectivity index (χ3n) is 3.22. The maximum atomic E-state index is 11.6. The number of anilines is 1. The van der Waals surface area contributed by atoms with Gasteiger partial charge in [0.25, 0.3) is 5.91 Å². The van der Waals surface area contributed by atoms with E-state index in [1.54, 1.807) is 22.9 Å². The standard InChI is InChI=1S/C14H17ClN4O/c1-3-10-13(16)11(4-2)19(18-10)12-6-5-8(15)7-9(12)14(17)20/h5-7H,3-4,16H2,1-2H3,(H2,17,20). The number of aryl methyl sites for hydroxylation is 1. The molecule has 0 spiro atoms. The van der Waals surface area contributed by atoms with E-state index in [0.717, 1.165) is 17.8 Å². The molecule has 2 aromatic rings. The first-order chi connectivity index (χ1) is 9.49. The first kappa shape index (κ1) is 14.4. The summed E-state index contributed by atoms with van der Waals surface area (Å²) in [5.74, 6) is -0.545. The first-order valence-corrected chi connectivity index (χ1v) is 6.83. The maximum absolute atomic E-state index is 11.6. The number of nitrogens with zero attached hydrogens (tertiary/aromatic N) is 2. The molecule has 0 unspecified atom stereocenters. The lowest BCUT2D eigenvalue weighted by Crippen LogP contribution is -2.16. The van der Waals surface area contributed by atoms with Crippen molar-refractivity contribution in [1.82, 2.24) is 9.78 Å². The lowest BCUT2D eigenvalue weighted by molar-refractivity contribution is 0.1000. The van der Waals surface area contributed by atoms with Crippen LogP contribution in [0.4, 0.5) is 5.69 Å². The van der Waals surface area contributed by atoms with E-state index in [1.165, 1.54) is 0 Å². The van der Waals surface area contributed by atoms with E-state index in [4.69, 9.17) is 23.1 Å². The number of nitrogens with two attached hydrogens (primary N) is 2. The number of primary amides is 1. The lowest BCUT2D eigenvalue weighted by atomic mass is 10.1. The van der Waals surface area contributed by atoms with Crippen molar-refractivity contribution in [1.29, 1.82) is 0 Å². The van der Waals surface area contributed by atoms with E-state index in [0.29, 0.717) is 28.4 Å². The minimum absolute atomic E-state index is 0.331. The van der Waals surface area contributed by atoms with Crippen molar-refractivity contribution in [3.8, 4) is 5.69 Å². The zero-order valence-corrected chi connectivity index (χ0v) is 12.2. The van der Waals surface area contributed by atoms with Crippen molar-refractivity contribution in [3.63, 3.8) is 0 Å². The van der Waals surface area contributed by atoms with Crippen molar-refractivity contribution in [2.24, 2.45) is 5.73 Å². The van der Waals surface area contributed by atoms with Crippen LogP contribution in [-0.4, -0.2) is 15.7 Å². The zero-order valence-electron chi connectivity index (χ0n) is 11.5. The molecule has 1 aromatic heterocycles. The summed E-state index contributed by atoms with van der Waals surface area (Å²) in [5, 5.41) is 4.94. The van der Waals surface area contributed by atoms with Crippen molar-refractivity contribution in [2.75, 3.05) is 5.73 Å². The molecule has 1 amide bonds. The van der Waals surface area contributed by atoms with Gasteiger partial charge in [-0.15, -0.1) is 0 Å². The minimum Gasteiger partial charge on any atom is -0.396 e. The second-order valence-electron chi connectivity index (χ2n) is 4.45. The number of hydrogen-bond acceptors (Lipinski definition) is 3. The molecule has 6 heteroatoms. The highest BCUT2D eigenvalue weighted by atomic mass is 35.5. The normalized spacial score (nSPS) is 10.8. The number of amides is 1. The van der Waals surface area contributed by atoms with Crippen molar-refractivity contribution in [2.45, 2.75) is 26.7 Å². The molecule has 0 aliphatic carbocycles. The van der Waals surface area contributed by atoms with Gasteiger partial charge in [-0.2, -0.15) is 5.10 Å². The van der Waals surface area contributed by atoms with Gasteiger partial charge in [0.05, 0.1) is 28.3 Å². The summed E-state index contributed by atoms with van der Waals surface area (Å²) in [6.45, 7) is 3.97. The maximum Gasteiger partial charge on any atom is 0.250 e. The Labute approximate surface area is 122 Å². The topological polar surface area (TPSA) is 86.9 Å². The van der Waals surface area contributed by atoms with Gasteiger partial charge in [0.15, 0.2) is 0 Å². The van der Waals surface area contributed by atoms with Gasteiger partial charge < -0.3 is 11.5 Å². The van der Waals surface area contributed by atoms with Crippen LogP contribution in [0.2, 0.25) is 5.02 Å². The molecule has 5 nitrogen and oxygen atoms in total. The third-order valence-corrected chi connectivity index (χ3v) is 3.46. The van der Waals surface area contributed by atoms with Crippen LogP contribution in [0.3, 0.4) is 0 Å².